The second-order valence-corrected chi connectivity index (χ2v) is 9.91. The van der Waals surface area contributed by atoms with E-state index in [1.165, 1.54) is 6.20 Å². The lowest BCUT2D eigenvalue weighted by molar-refractivity contribution is 0.171. The van der Waals surface area contributed by atoms with Crippen LogP contribution in [-0.4, -0.2) is 36.5 Å². The van der Waals surface area contributed by atoms with Crippen LogP contribution in [0.5, 0.6) is 23.0 Å². The summed E-state index contributed by atoms with van der Waals surface area (Å²) >= 11 is 6.87. The van der Waals surface area contributed by atoms with Gasteiger partial charge in [0.05, 0.1) is 17.2 Å². The second kappa shape index (κ2) is 13.4. The fourth-order valence-corrected chi connectivity index (χ4v) is 4.82. The van der Waals surface area contributed by atoms with E-state index < -0.39 is 0 Å². The van der Waals surface area contributed by atoms with Gasteiger partial charge in [0.1, 0.15) is 44.0 Å². The van der Waals surface area contributed by atoms with Gasteiger partial charge in [0, 0.05) is 53.8 Å². The third-order valence-electron chi connectivity index (χ3n) is 6.60. The number of nitrogens with one attached hydrogen (secondary N) is 1. The van der Waals surface area contributed by atoms with Crippen LogP contribution < -0.4 is 24.3 Å². The molecule has 1 aliphatic heterocycles. The Kier molecular flexibility index (Phi) is 9.22. The summed E-state index contributed by atoms with van der Waals surface area (Å²) in [5.41, 5.74) is 5.76. The molecule has 2 N–H and O–H groups in total. The van der Waals surface area contributed by atoms with Crippen molar-refractivity contribution in [1.29, 1.82) is 5.26 Å². The van der Waals surface area contributed by atoms with Gasteiger partial charge in [0.25, 0.3) is 0 Å². The van der Waals surface area contributed by atoms with E-state index in [4.69, 9.17) is 30.5 Å². The van der Waals surface area contributed by atoms with Gasteiger partial charge < -0.3 is 29.4 Å². The smallest absolute Gasteiger partial charge is 0.161 e. The number of nitrogens with zero attached hydrogens (tertiary/aromatic N) is 2. The third kappa shape index (κ3) is 6.90. The van der Waals surface area contributed by atoms with Crippen molar-refractivity contribution >= 4 is 11.6 Å². The fraction of sp³-hybridized carbons (Fsp3) is 0.250. The number of hydrogen-bond acceptors (Lipinski definition) is 8. The summed E-state index contributed by atoms with van der Waals surface area (Å²) in [4.78, 5) is 4.11. The molecule has 4 aromatic rings. The van der Waals surface area contributed by atoms with Crippen LogP contribution in [0, 0.1) is 18.3 Å². The van der Waals surface area contributed by atoms with E-state index in [2.05, 4.69) is 16.4 Å². The van der Waals surface area contributed by atoms with Crippen molar-refractivity contribution in [3.63, 3.8) is 0 Å². The number of pyridine rings is 1. The van der Waals surface area contributed by atoms with Crippen molar-refractivity contribution < 1.29 is 24.1 Å². The monoisotopic (exact) mass is 571 g/mol. The Morgan fingerprint density at radius 3 is 2.63 bits per heavy atom. The van der Waals surface area contributed by atoms with Gasteiger partial charge in [-0.25, -0.2) is 0 Å². The number of aliphatic hydroxyl groups is 1. The van der Waals surface area contributed by atoms with Crippen LogP contribution in [-0.2, 0) is 19.8 Å². The maximum absolute atomic E-state index is 9.19. The lowest BCUT2D eigenvalue weighted by Gasteiger charge is -2.19. The number of hydrogen-bond donors (Lipinski definition) is 2. The molecule has 0 fully saturated rings. The molecule has 1 aromatic heterocycles. The molecule has 3 aromatic carbocycles. The summed E-state index contributed by atoms with van der Waals surface area (Å²) < 4.78 is 23.8. The van der Waals surface area contributed by atoms with Crippen LogP contribution in [0.2, 0.25) is 5.02 Å². The normalized spacial score (nSPS) is 12.0. The standard InChI is InChI=1S/C32H30ClN3O5/c1-21-11-26(18-35-7-8-37)30(40-19-23-12-22(15-34)16-36-17-23)14-29(21)41-20-25-3-2-4-27(32(25)33)24-5-6-28-31(13-24)39-10-9-38-28/h2-6,11-14,16-17,35,37H,7-10,18-20H2,1H3. The summed E-state index contributed by atoms with van der Waals surface area (Å²) in [6.07, 6.45) is 3.19. The first kappa shape index (κ1) is 28.2. The molecule has 0 radical (unpaired) electrons. The number of aromatic nitrogens is 1. The maximum atomic E-state index is 9.19. The molecule has 41 heavy (non-hydrogen) atoms. The molecule has 8 nitrogen and oxygen atoms in total. The molecule has 0 saturated carbocycles. The van der Waals surface area contributed by atoms with Crippen molar-refractivity contribution in [2.45, 2.75) is 26.7 Å². The van der Waals surface area contributed by atoms with E-state index in [1.54, 1.807) is 12.3 Å². The summed E-state index contributed by atoms with van der Waals surface area (Å²) in [5, 5.41) is 22.2. The van der Waals surface area contributed by atoms with Gasteiger partial charge >= 0.3 is 0 Å². The maximum Gasteiger partial charge on any atom is 0.161 e. The number of benzene rings is 3. The van der Waals surface area contributed by atoms with Crippen LogP contribution in [0.1, 0.15) is 27.8 Å². The first-order chi connectivity index (χ1) is 20.1. The zero-order valence-electron chi connectivity index (χ0n) is 22.7. The molecular weight excluding hydrogens is 542 g/mol. The highest BCUT2D eigenvalue weighted by atomic mass is 35.5. The zero-order valence-corrected chi connectivity index (χ0v) is 23.4. The predicted octanol–water partition coefficient (Wildman–Crippen LogP) is 5.59. The van der Waals surface area contributed by atoms with Crippen LogP contribution in [0.15, 0.2) is 67.0 Å². The molecule has 1 aliphatic rings. The molecule has 2 heterocycles. The molecular formula is C32H30ClN3O5. The van der Waals surface area contributed by atoms with Gasteiger partial charge in [0.2, 0.25) is 0 Å². The van der Waals surface area contributed by atoms with Gasteiger partial charge in [-0.3, -0.25) is 4.98 Å². The first-order valence-electron chi connectivity index (χ1n) is 13.3. The summed E-state index contributed by atoms with van der Waals surface area (Å²) in [7, 11) is 0. The molecule has 5 rings (SSSR count). The predicted molar refractivity (Wildman–Crippen MR) is 155 cm³/mol. The van der Waals surface area contributed by atoms with Gasteiger partial charge in [-0.05, 0) is 42.3 Å². The largest absolute Gasteiger partial charge is 0.488 e. The Morgan fingerprint density at radius 1 is 0.976 bits per heavy atom. The topological polar surface area (TPSA) is 106 Å². The highest BCUT2D eigenvalue weighted by molar-refractivity contribution is 6.34. The quantitative estimate of drug-likeness (QED) is 0.224. The van der Waals surface area contributed by atoms with Crippen molar-refractivity contribution in [3.8, 4) is 40.2 Å². The van der Waals surface area contributed by atoms with Gasteiger partial charge in [0.15, 0.2) is 11.5 Å². The van der Waals surface area contributed by atoms with Crippen molar-refractivity contribution in [1.82, 2.24) is 10.3 Å². The molecule has 210 valence electrons. The van der Waals surface area contributed by atoms with Crippen LogP contribution >= 0.6 is 11.6 Å². The van der Waals surface area contributed by atoms with Crippen molar-refractivity contribution in [2.75, 3.05) is 26.4 Å². The minimum Gasteiger partial charge on any atom is -0.488 e. The minimum absolute atomic E-state index is 0.0368. The first-order valence-corrected chi connectivity index (χ1v) is 13.7. The number of halogens is 1. The van der Waals surface area contributed by atoms with E-state index in [9.17, 15) is 10.4 Å². The van der Waals surface area contributed by atoms with E-state index in [-0.39, 0.29) is 19.8 Å². The highest BCUT2D eigenvalue weighted by Gasteiger charge is 2.16. The Labute approximate surface area is 244 Å². The van der Waals surface area contributed by atoms with Crippen molar-refractivity contribution in [2.24, 2.45) is 0 Å². The van der Waals surface area contributed by atoms with Gasteiger partial charge in [-0.1, -0.05) is 35.9 Å². The van der Waals surface area contributed by atoms with Crippen LogP contribution in [0.4, 0.5) is 0 Å². The van der Waals surface area contributed by atoms with Gasteiger partial charge in [-0.2, -0.15) is 5.26 Å². The molecule has 0 aliphatic carbocycles. The lowest BCUT2D eigenvalue weighted by atomic mass is 10.0. The Bertz CT molecular complexity index is 1570. The Hall–Kier alpha value is -4.29. The Morgan fingerprint density at radius 2 is 1.80 bits per heavy atom. The average Bonchev–Trinajstić information content (AvgIpc) is 3.00. The van der Waals surface area contributed by atoms with Gasteiger partial charge in [-0.15, -0.1) is 0 Å². The second-order valence-electron chi connectivity index (χ2n) is 9.53. The molecule has 0 atom stereocenters. The summed E-state index contributed by atoms with van der Waals surface area (Å²) in [5.74, 6) is 2.73. The number of aryl methyl sites for hydroxylation is 1. The minimum atomic E-state index is 0.0368. The summed E-state index contributed by atoms with van der Waals surface area (Å²) in [6.45, 7) is 4.53. The fourth-order valence-electron chi connectivity index (χ4n) is 4.53. The summed E-state index contributed by atoms with van der Waals surface area (Å²) in [6, 6.07) is 19.4. The lowest BCUT2D eigenvalue weighted by Crippen LogP contribution is -2.18. The third-order valence-corrected chi connectivity index (χ3v) is 7.04. The number of nitriles is 1. The number of aliphatic hydroxyl groups excluding tert-OH is 1. The molecule has 9 heteroatoms. The molecule has 0 bridgehead atoms. The number of ether oxygens (including phenoxy) is 4. The Balaban J connectivity index is 1.35. The van der Waals surface area contributed by atoms with E-state index in [1.807, 2.05) is 55.5 Å². The van der Waals surface area contributed by atoms with Crippen LogP contribution in [0.25, 0.3) is 11.1 Å². The molecule has 0 amide bonds. The molecule has 0 spiro atoms. The van der Waals surface area contributed by atoms with E-state index in [0.29, 0.717) is 54.1 Å². The zero-order chi connectivity index (χ0) is 28.6. The average molecular weight is 572 g/mol. The molecule has 0 unspecified atom stereocenters. The van der Waals surface area contributed by atoms with E-state index >= 15 is 0 Å². The number of fused-ring (bicyclic) bond motifs is 1. The highest BCUT2D eigenvalue weighted by Crippen LogP contribution is 2.38. The van der Waals surface area contributed by atoms with E-state index in [0.717, 1.165) is 39.1 Å². The molecule has 0 saturated heterocycles. The van der Waals surface area contributed by atoms with Crippen LogP contribution in [0.3, 0.4) is 0 Å². The van der Waals surface area contributed by atoms with Crippen molar-refractivity contribution in [3.05, 3.63) is 99.8 Å². The SMILES string of the molecule is Cc1cc(CNCCO)c(OCc2cncc(C#N)c2)cc1OCc1cccc(-c2ccc3c(c2)OCCO3)c1Cl. The number of rotatable bonds is 11.